The number of benzene rings is 1. The fourth-order valence-electron chi connectivity index (χ4n) is 4.13. The lowest BCUT2D eigenvalue weighted by Crippen LogP contribution is -2.67. The van der Waals surface area contributed by atoms with Crippen molar-refractivity contribution in [3.8, 4) is 0 Å². The summed E-state index contributed by atoms with van der Waals surface area (Å²) in [6.45, 7) is 3.25. The molecule has 13 heteroatoms. The molecule has 0 saturated carbocycles. The second-order valence-corrected chi connectivity index (χ2v) is 9.81. The van der Waals surface area contributed by atoms with E-state index in [1.165, 1.54) is 19.1 Å². The van der Waals surface area contributed by atoms with Gasteiger partial charge in [-0.15, -0.1) is 0 Å². The highest BCUT2D eigenvalue weighted by Gasteiger charge is 2.57. The molecule has 11 nitrogen and oxygen atoms in total. The molecule has 202 valence electrons. The third-order valence-electron chi connectivity index (χ3n) is 5.73. The number of halogens is 2. The van der Waals surface area contributed by atoms with Crippen molar-refractivity contribution in [1.29, 1.82) is 0 Å². The van der Waals surface area contributed by atoms with Crippen molar-refractivity contribution in [1.82, 2.24) is 4.90 Å². The van der Waals surface area contributed by atoms with Gasteiger partial charge >= 0.3 is 17.9 Å². The van der Waals surface area contributed by atoms with Crippen molar-refractivity contribution < 1.29 is 47.7 Å². The molecule has 1 saturated heterocycles. The van der Waals surface area contributed by atoms with E-state index in [-0.39, 0.29) is 30.3 Å². The molecule has 0 spiro atoms. The van der Waals surface area contributed by atoms with Gasteiger partial charge in [0.05, 0.1) is 17.7 Å². The number of nitrogens with zero attached hydrogens (tertiary/aromatic N) is 1. The Hall–Kier alpha value is -2.35. The zero-order valence-corrected chi connectivity index (χ0v) is 23.6. The molecule has 0 N–H and O–H groups in total. The number of alkyl halides is 2. The van der Waals surface area contributed by atoms with Crippen LogP contribution in [-0.4, -0.2) is 89.1 Å². The first-order valence-corrected chi connectivity index (χ1v) is 13.7. The largest absolute Gasteiger partial charge is 0.463 e. The summed E-state index contributed by atoms with van der Waals surface area (Å²) in [6.07, 6.45) is -5.13. The van der Waals surface area contributed by atoms with Crippen LogP contribution in [0.1, 0.15) is 41.5 Å². The minimum absolute atomic E-state index is 0.0169. The number of carbonyl (C=O) groups excluding carboxylic acids is 5. The number of fused-ring (bicyclic) bond motifs is 1. The summed E-state index contributed by atoms with van der Waals surface area (Å²) in [5.74, 6) is -3.41. The van der Waals surface area contributed by atoms with Gasteiger partial charge in [0.25, 0.3) is 11.8 Å². The van der Waals surface area contributed by atoms with Crippen LogP contribution < -0.4 is 0 Å². The van der Waals surface area contributed by atoms with Gasteiger partial charge in [-0.2, -0.15) is 0 Å². The Kier molecular flexibility index (Phi) is 10.2. The van der Waals surface area contributed by atoms with Crippen LogP contribution in [-0.2, 0) is 38.1 Å². The maximum atomic E-state index is 13.4. The predicted octanol–water partition coefficient (Wildman–Crippen LogP) is 2.23. The molecule has 2 aliphatic heterocycles. The fraction of sp³-hybridized carbons (Fsp3) is 0.542. The minimum Gasteiger partial charge on any atom is -0.463 e. The molecular formula is C24H27Br2NO10. The third-order valence-corrected chi connectivity index (χ3v) is 7.56. The Bertz CT molecular complexity index is 1010. The quantitative estimate of drug-likeness (QED) is 0.161. The number of hydrogen-bond donors (Lipinski definition) is 0. The van der Waals surface area contributed by atoms with Gasteiger partial charge < -0.3 is 23.7 Å². The zero-order valence-electron chi connectivity index (χ0n) is 20.4. The predicted molar refractivity (Wildman–Crippen MR) is 134 cm³/mol. The number of rotatable bonds is 10. The van der Waals surface area contributed by atoms with Gasteiger partial charge in [0.1, 0.15) is 18.8 Å². The van der Waals surface area contributed by atoms with Crippen LogP contribution in [0.25, 0.3) is 0 Å². The molecule has 0 bridgehead atoms. The van der Waals surface area contributed by atoms with Gasteiger partial charge in [-0.05, 0) is 12.1 Å². The summed E-state index contributed by atoms with van der Waals surface area (Å²) >= 11 is 6.80. The molecule has 3 rings (SSSR count). The van der Waals surface area contributed by atoms with Crippen molar-refractivity contribution >= 4 is 61.6 Å². The Labute approximate surface area is 230 Å². The summed E-state index contributed by atoms with van der Waals surface area (Å²) in [5, 5.41) is 1.14. The van der Waals surface area contributed by atoms with Crippen LogP contribution in [0.4, 0.5) is 0 Å². The van der Waals surface area contributed by atoms with Crippen LogP contribution in [0.5, 0.6) is 0 Å². The lowest BCUT2D eigenvalue weighted by Gasteiger charge is -2.47. The highest BCUT2D eigenvalue weighted by atomic mass is 79.9. The zero-order chi connectivity index (χ0) is 27.3. The number of amides is 2. The van der Waals surface area contributed by atoms with Gasteiger partial charge in [0.15, 0.2) is 18.5 Å². The monoisotopic (exact) mass is 647 g/mol. The molecule has 37 heavy (non-hydrogen) atoms. The van der Waals surface area contributed by atoms with Gasteiger partial charge in [-0.3, -0.25) is 28.9 Å². The van der Waals surface area contributed by atoms with Crippen molar-refractivity contribution in [2.24, 2.45) is 5.92 Å². The number of ether oxygens (including phenoxy) is 5. The average molecular weight is 649 g/mol. The summed E-state index contributed by atoms with van der Waals surface area (Å²) in [7, 11) is 0. The Balaban J connectivity index is 2.08. The molecule has 0 radical (unpaired) electrons. The number of carbonyl (C=O) groups is 5. The lowest BCUT2D eigenvalue weighted by molar-refractivity contribution is -0.287. The van der Waals surface area contributed by atoms with E-state index in [9.17, 15) is 24.0 Å². The van der Waals surface area contributed by atoms with Crippen molar-refractivity contribution in [2.75, 3.05) is 23.9 Å². The molecule has 1 aromatic rings. The van der Waals surface area contributed by atoms with E-state index >= 15 is 0 Å². The van der Waals surface area contributed by atoms with Crippen molar-refractivity contribution in [2.45, 2.75) is 51.4 Å². The van der Waals surface area contributed by atoms with Crippen molar-refractivity contribution in [3.05, 3.63) is 35.4 Å². The van der Waals surface area contributed by atoms with E-state index in [1.807, 2.05) is 0 Å². The van der Waals surface area contributed by atoms with Crippen molar-refractivity contribution in [3.63, 3.8) is 0 Å². The summed E-state index contributed by atoms with van der Waals surface area (Å²) in [5.41, 5.74) is 0.329. The molecular weight excluding hydrogens is 622 g/mol. The SMILES string of the molecule is CC(=O)OC[C@H]1O[C@H](OCC(CBr)CBr)[C@@H](N2C(=O)c3ccccc3C2=O)[C@@H](OC(C)=O)[C@@H]1OC(C)=O. The lowest BCUT2D eigenvalue weighted by atomic mass is 9.94. The molecule has 2 heterocycles. The second-order valence-electron chi connectivity index (χ2n) is 8.52. The van der Waals surface area contributed by atoms with Crippen LogP contribution in [0, 0.1) is 5.92 Å². The third kappa shape index (κ3) is 6.75. The van der Waals surface area contributed by atoms with E-state index in [1.54, 1.807) is 12.1 Å². The first-order chi connectivity index (χ1) is 17.6. The molecule has 0 unspecified atom stereocenters. The number of hydrogen-bond acceptors (Lipinski definition) is 10. The molecule has 1 aromatic carbocycles. The van der Waals surface area contributed by atoms with Gasteiger partial charge in [0, 0.05) is 37.3 Å². The van der Waals surface area contributed by atoms with Gasteiger partial charge in [-0.25, -0.2) is 0 Å². The van der Waals surface area contributed by atoms with Gasteiger partial charge in [0.2, 0.25) is 0 Å². The Morgan fingerprint density at radius 1 is 0.919 bits per heavy atom. The molecule has 2 aliphatic rings. The molecule has 0 aromatic heterocycles. The van der Waals surface area contributed by atoms with E-state index in [0.717, 1.165) is 18.7 Å². The maximum absolute atomic E-state index is 13.4. The standard InChI is InChI=1S/C24H27Br2NO10/c1-12(28)33-11-18-20(35-13(2)29)21(36-14(3)30)19(24(37-18)34-10-15(8-25)9-26)27-22(31)16-6-4-5-7-17(16)23(27)32/h4-7,15,18-21,24H,8-11H2,1-3H3/t18-,19+,20-,21-,24+/m1/s1. The van der Waals surface area contributed by atoms with Crippen LogP contribution >= 0.6 is 31.9 Å². The average Bonchev–Trinajstić information content (AvgIpc) is 3.09. The summed E-state index contributed by atoms with van der Waals surface area (Å²) in [6, 6.07) is 4.94. The van der Waals surface area contributed by atoms with Crippen LogP contribution in [0.15, 0.2) is 24.3 Å². The molecule has 2 amide bonds. The number of esters is 3. The van der Waals surface area contributed by atoms with E-state index in [4.69, 9.17) is 23.7 Å². The van der Waals surface area contributed by atoms with Gasteiger partial charge in [-0.1, -0.05) is 44.0 Å². The topological polar surface area (TPSA) is 135 Å². The van der Waals surface area contributed by atoms with E-state index < -0.39 is 60.4 Å². The first kappa shape index (κ1) is 29.2. The smallest absolute Gasteiger partial charge is 0.303 e. The number of imide groups is 1. The second kappa shape index (κ2) is 12.9. The fourth-order valence-corrected chi connectivity index (χ4v) is 5.58. The molecule has 0 aliphatic carbocycles. The van der Waals surface area contributed by atoms with E-state index in [0.29, 0.717) is 10.7 Å². The van der Waals surface area contributed by atoms with Crippen LogP contribution in [0.3, 0.4) is 0 Å². The minimum atomic E-state index is -1.38. The highest BCUT2D eigenvalue weighted by Crippen LogP contribution is 2.35. The highest BCUT2D eigenvalue weighted by molar-refractivity contribution is 9.09. The Morgan fingerprint density at radius 2 is 1.46 bits per heavy atom. The van der Waals surface area contributed by atoms with Crippen LogP contribution in [0.2, 0.25) is 0 Å². The molecule has 5 atom stereocenters. The first-order valence-electron chi connectivity index (χ1n) is 11.4. The Morgan fingerprint density at radius 3 is 1.95 bits per heavy atom. The summed E-state index contributed by atoms with van der Waals surface area (Å²) in [4.78, 5) is 63.5. The summed E-state index contributed by atoms with van der Waals surface area (Å²) < 4.78 is 28.3. The normalized spacial score (nSPS) is 25.1. The molecule has 1 fully saturated rings. The van der Waals surface area contributed by atoms with E-state index in [2.05, 4.69) is 31.9 Å². The maximum Gasteiger partial charge on any atom is 0.303 e.